The summed E-state index contributed by atoms with van der Waals surface area (Å²) in [6.07, 6.45) is 1.81. The van der Waals surface area contributed by atoms with Crippen LogP contribution in [0.4, 0.5) is 4.39 Å². The Balaban J connectivity index is 2.05. The molecule has 18 heavy (non-hydrogen) atoms. The highest BCUT2D eigenvalue weighted by atomic mass is 127. The lowest BCUT2D eigenvalue weighted by atomic mass is 10.2. The van der Waals surface area contributed by atoms with Crippen LogP contribution >= 0.6 is 22.6 Å². The molecule has 90 valence electrons. The van der Waals surface area contributed by atoms with E-state index in [4.69, 9.17) is 0 Å². The van der Waals surface area contributed by atoms with E-state index in [0.29, 0.717) is 12.1 Å². The molecule has 4 heteroatoms. The van der Waals surface area contributed by atoms with E-state index in [1.165, 1.54) is 6.07 Å². The zero-order valence-electron chi connectivity index (χ0n) is 9.48. The molecule has 1 aromatic heterocycles. The van der Waals surface area contributed by atoms with Gasteiger partial charge in [-0.1, -0.05) is 24.3 Å². The second-order valence-electron chi connectivity index (χ2n) is 4.10. The summed E-state index contributed by atoms with van der Waals surface area (Å²) in [4.78, 5) is 0. The van der Waals surface area contributed by atoms with Crippen molar-refractivity contribution in [1.29, 1.82) is 0 Å². The first kappa shape index (κ1) is 11.6. The van der Waals surface area contributed by atoms with Gasteiger partial charge in [0, 0.05) is 14.5 Å². The lowest BCUT2D eigenvalue weighted by Crippen LogP contribution is -2.03. The molecule has 0 aliphatic rings. The van der Waals surface area contributed by atoms with Crippen molar-refractivity contribution in [2.24, 2.45) is 0 Å². The summed E-state index contributed by atoms with van der Waals surface area (Å²) < 4.78 is 16.6. The maximum atomic E-state index is 13.6. The number of benzene rings is 2. The predicted octanol–water partition coefficient (Wildman–Crippen LogP) is 3.83. The molecule has 0 aliphatic heterocycles. The number of hydrogen-bond acceptors (Lipinski definition) is 1. The fourth-order valence-electron chi connectivity index (χ4n) is 1.96. The van der Waals surface area contributed by atoms with Crippen molar-refractivity contribution in [3.8, 4) is 0 Å². The minimum absolute atomic E-state index is 0.188. The van der Waals surface area contributed by atoms with E-state index < -0.39 is 0 Å². The summed E-state index contributed by atoms with van der Waals surface area (Å²) in [5.41, 5.74) is 1.69. The van der Waals surface area contributed by atoms with Gasteiger partial charge in [0.15, 0.2) is 0 Å². The molecule has 3 aromatic rings. The molecule has 0 aliphatic carbocycles. The van der Waals surface area contributed by atoms with E-state index in [0.717, 1.165) is 14.5 Å². The van der Waals surface area contributed by atoms with Crippen molar-refractivity contribution in [3.05, 3.63) is 63.6 Å². The Morgan fingerprint density at radius 3 is 2.83 bits per heavy atom. The molecule has 0 bridgehead atoms. The van der Waals surface area contributed by atoms with Crippen LogP contribution in [0.15, 0.2) is 48.7 Å². The van der Waals surface area contributed by atoms with Crippen LogP contribution in [0.3, 0.4) is 0 Å². The van der Waals surface area contributed by atoms with Gasteiger partial charge >= 0.3 is 0 Å². The molecule has 0 amide bonds. The number of fused-ring (bicyclic) bond motifs is 1. The van der Waals surface area contributed by atoms with Gasteiger partial charge in [-0.3, -0.25) is 4.68 Å². The van der Waals surface area contributed by atoms with E-state index in [2.05, 4.69) is 33.8 Å². The minimum Gasteiger partial charge on any atom is -0.260 e. The third kappa shape index (κ3) is 2.12. The average molecular weight is 352 g/mol. The maximum Gasteiger partial charge on any atom is 0.128 e. The van der Waals surface area contributed by atoms with Crippen LogP contribution in [-0.4, -0.2) is 9.78 Å². The van der Waals surface area contributed by atoms with Crippen molar-refractivity contribution in [1.82, 2.24) is 9.78 Å². The molecule has 0 spiro atoms. The topological polar surface area (TPSA) is 17.8 Å². The van der Waals surface area contributed by atoms with Crippen molar-refractivity contribution >= 4 is 33.5 Å². The number of aromatic nitrogens is 2. The zero-order valence-corrected chi connectivity index (χ0v) is 11.6. The highest BCUT2D eigenvalue weighted by Gasteiger charge is 2.06. The average Bonchev–Trinajstić information content (AvgIpc) is 2.75. The van der Waals surface area contributed by atoms with E-state index in [-0.39, 0.29) is 5.82 Å². The Morgan fingerprint density at radius 2 is 2.00 bits per heavy atom. The summed E-state index contributed by atoms with van der Waals surface area (Å²) >= 11 is 2.26. The van der Waals surface area contributed by atoms with E-state index in [1.54, 1.807) is 12.1 Å². The Labute approximate surface area is 118 Å². The molecule has 0 unspecified atom stereocenters. The van der Waals surface area contributed by atoms with Crippen molar-refractivity contribution in [2.45, 2.75) is 6.54 Å². The molecule has 0 N–H and O–H groups in total. The van der Waals surface area contributed by atoms with Crippen LogP contribution in [0, 0.1) is 9.39 Å². The minimum atomic E-state index is -0.188. The van der Waals surface area contributed by atoms with E-state index in [1.807, 2.05) is 29.1 Å². The molecule has 0 atom stereocenters. The van der Waals surface area contributed by atoms with Crippen LogP contribution < -0.4 is 0 Å². The fraction of sp³-hybridized carbons (Fsp3) is 0.0714. The van der Waals surface area contributed by atoms with Gasteiger partial charge < -0.3 is 0 Å². The van der Waals surface area contributed by atoms with Crippen LogP contribution in [0.1, 0.15) is 5.56 Å². The van der Waals surface area contributed by atoms with Gasteiger partial charge in [0.25, 0.3) is 0 Å². The van der Waals surface area contributed by atoms with E-state index in [9.17, 15) is 4.39 Å². The van der Waals surface area contributed by atoms with Gasteiger partial charge in [-0.25, -0.2) is 4.39 Å². The Morgan fingerprint density at radius 1 is 1.17 bits per heavy atom. The molecule has 0 saturated heterocycles. The van der Waals surface area contributed by atoms with Crippen molar-refractivity contribution in [2.75, 3.05) is 0 Å². The largest absolute Gasteiger partial charge is 0.260 e. The first-order chi connectivity index (χ1) is 8.74. The lowest BCUT2D eigenvalue weighted by Gasteiger charge is -2.05. The molecule has 2 nitrogen and oxygen atoms in total. The first-order valence-electron chi connectivity index (χ1n) is 5.58. The van der Waals surface area contributed by atoms with Gasteiger partial charge in [-0.2, -0.15) is 5.10 Å². The second-order valence-corrected chi connectivity index (χ2v) is 5.34. The second kappa shape index (κ2) is 4.68. The van der Waals surface area contributed by atoms with Gasteiger partial charge in [0.05, 0.1) is 18.3 Å². The van der Waals surface area contributed by atoms with Crippen LogP contribution in [0.2, 0.25) is 0 Å². The van der Waals surface area contributed by atoms with Crippen LogP contribution in [-0.2, 0) is 6.54 Å². The third-order valence-electron chi connectivity index (χ3n) is 2.88. The van der Waals surface area contributed by atoms with Gasteiger partial charge in [0.2, 0.25) is 0 Å². The molecule has 0 fully saturated rings. The Bertz CT molecular complexity index is 706. The van der Waals surface area contributed by atoms with Gasteiger partial charge in [-0.05, 0) is 40.8 Å². The molecule has 0 saturated carbocycles. The standard InChI is InChI=1S/C14H10FIN2/c15-13-4-2-1-3-11(13)9-18-14-7-12(16)6-5-10(14)8-17-18/h1-8H,9H2. The fourth-order valence-corrected chi connectivity index (χ4v) is 2.43. The quantitative estimate of drug-likeness (QED) is 0.641. The predicted molar refractivity (Wildman–Crippen MR) is 78.0 cm³/mol. The Kier molecular flexibility index (Phi) is 3.03. The molecular formula is C14H10FIN2. The first-order valence-corrected chi connectivity index (χ1v) is 6.66. The zero-order chi connectivity index (χ0) is 12.5. The molecular weight excluding hydrogens is 342 g/mol. The van der Waals surface area contributed by atoms with Crippen LogP contribution in [0.25, 0.3) is 10.9 Å². The highest BCUT2D eigenvalue weighted by Crippen LogP contribution is 2.18. The SMILES string of the molecule is Fc1ccccc1Cn1ncc2ccc(I)cc21. The van der Waals surface area contributed by atoms with E-state index >= 15 is 0 Å². The summed E-state index contributed by atoms with van der Waals surface area (Å²) in [5.74, 6) is -0.188. The molecule has 3 rings (SSSR count). The third-order valence-corrected chi connectivity index (χ3v) is 3.56. The number of rotatable bonds is 2. The monoisotopic (exact) mass is 352 g/mol. The summed E-state index contributed by atoms with van der Waals surface area (Å²) in [5, 5.41) is 5.40. The van der Waals surface area contributed by atoms with Crippen molar-refractivity contribution < 1.29 is 4.39 Å². The lowest BCUT2D eigenvalue weighted by molar-refractivity contribution is 0.590. The summed E-state index contributed by atoms with van der Waals surface area (Å²) in [6.45, 7) is 0.455. The van der Waals surface area contributed by atoms with Gasteiger partial charge in [0.1, 0.15) is 5.82 Å². The highest BCUT2D eigenvalue weighted by molar-refractivity contribution is 14.1. The smallest absolute Gasteiger partial charge is 0.128 e. The van der Waals surface area contributed by atoms with Crippen LogP contribution in [0.5, 0.6) is 0 Å². The molecule has 1 heterocycles. The molecule has 2 aromatic carbocycles. The maximum absolute atomic E-state index is 13.6. The normalized spacial score (nSPS) is 11.0. The summed E-state index contributed by atoms with van der Waals surface area (Å²) in [6, 6.07) is 12.9. The summed E-state index contributed by atoms with van der Waals surface area (Å²) in [7, 11) is 0. The van der Waals surface area contributed by atoms with Crippen molar-refractivity contribution in [3.63, 3.8) is 0 Å². The number of nitrogens with zero attached hydrogens (tertiary/aromatic N) is 2. The number of halogens is 2. The Hall–Kier alpha value is -1.43. The number of hydrogen-bond donors (Lipinski definition) is 0. The van der Waals surface area contributed by atoms with Gasteiger partial charge in [-0.15, -0.1) is 0 Å². The molecule has 0 radical (unpaired) electrons.